The molecule has 168 valence electrons. The molecule has 0 radical (unpaired) electrons. The van der Waals surface area contributed by atoms with Gasteiger partial charge >= 0.3 is 0 Å². The van der Waals surface area contributed by atoms with E-state index in [9.17, 15) is 5.11 Å². The number of hydrogen-bond acceptors (Lipinski definition) is 7. The third-order valence-electron chi connectivity index (χ3n) is 5.45. The Balaban J connectivity index is 1.49. The summed E-state index contributed by atoms with van der Waals surface area (Å²) in [6.45, 7) is 6.96. The van der Waals surface area contributed by atoms with Gasteiger partial charge in [0.05, 0.1) is 11.9 Å². The zero-order chi connectivity index (χ0) is 22.6. The highest BCUT2D eigenvalue weighted by Gasteiger charge is 2.20. The van der Waals surface area contributed by atoms with E-state index in [2.05, 4.69) is 52.9 Å². The molecular weight excluding hydrogens is 402 g/mol. The van der Waals surface area contributed by atoms with Gasteiger partial charge in [-0.3, -0.25) is 5.43 Å². The first kappa shape index (κ1) is 22.2. The second-order valence-corrected chi connectivity index (χ2v) is 9.18. The van der Waals surface area contributed by atoms with Gasteiger partial charge in [-0.1, -0.05) is 36.4 Å². The number of ether oxygens (including phenoxy) is 1. The van der Waals surface area contributed by atoms with Crippen molar-refractivity contribution < 1.29 is 9.84 Å². The van der Waals surface area contributed by atoms with Crippen molar-refractivity contribution in [2.45, 2.75) is 51.7 Å². The first-order chi connectivity index (χ1) is 15.4. The number of β-amino-alcohol motifs (C(OH)–C–C–N with tert-alkyl or cyclic N) is 1. The second-order valence-electron chi connectivity index (χ2n) is 9.18. The fourth-order valence-corrected chi connectivity index (χ4v) is 3.81. The van der Waals surface area contributed by atoms with Crippen molar-refractivity contribution in [1.29, 1.82) is 0 Å². The van der Waals surface area contributed by atoms with Crippen molar-refractivity contribution in [3.63, 3.8) is 0 Å². The topological polar surface area (TPSA) is 91.7 Å². The summed E-state index contributed by atoms with van der Waals surface area (Å²) < 4.78 is 6.01. The van der Waals surface area contributed by atoms with Gasteiger partial charge < -0.3 is 15.2 Å². The highest BCUT2D eigenvalue weighted by molar-refractivity contribution is 6.04. The van der Waals surface area contributed by atoms with Crippen LogP contribution in [0.3, 0.4) is 0 Å². The summed E-state index contributed by atoms with van der Waals surface area (Å²) in [5, 5.41) is 28.6. The lowest BCUT2D eigenvalue weighted by atomic mass is 9.89. The molecule has 0 saturated heterocycles. The molecule has 0 fully saturated rings. The number of aromatic nitrogens is 2. The number of aliphatic hydroxyl groups excluding tert-OH is 1. The number of nitrogens with one attached hydrogen (secondary N) is 2. The Morgan fingerprint density at radius 2 is 1.97 bits per heavy atom. The first-order valence-electron chi connectivity index (χ1n) is 11.1. The van der Waals surface area contributed by atoms with Crippen LogP contribution >= 0.6 is 0 Å². The smallest absolute Gasteiger partial charge is 0.176 e. The molecular formula is C25H31N5O2. The molecule has 7 heteroatoms. The van der Waals surface area contributed by atoms with Gasteiger partial charge in [0.2, 0.25) is 0 Å². The van der Waals surface area contributed by atoms with Crippen molar-refractivity contribution in [2.75, 3.05) is 18.6 Å². The van der Waals surface area contributed by atoms with Crippen molar-refractivity contribution in [2.24, 2.45) is 5.10 Å². The lowest BCUT2D eigenvalue weighted by molar-refractivity contribution is 0.0995. The highest BCUT2D eigenvalue weighted by atomic mass is 16.5. The van der Waals surface area contributed by atoms with E-state index in [1.165, 1.54) is 0 Å². The molecule has 1 aromatic heterocycles. The average Bonchev–Trinajstić information content (AvgIpc) is 2.79. The van der Waals surface area contributed by atoms with Crippen molar-refractivity contribution >= 4 is 22.3 Å². The zero-order valence-corrected chi connectivity index (χ0v) is 18.9. The fraction of sp³-hybridized carbons (Fsp3) is 0.400. The number of nitrogens with zero attached hydrogens (tertiary/aromatic N) is 3. The number of aliphatic hydroxyl groups is 1. The molecule has 7 nitrogen and oxygen atoms in total. The van der Waals surface area contributed by atoms with E-state index in [0.717, 1.165) is 52.6 Å². The van der Waals surface area contributed by atoms with Crippen LogP contribution in [0.15, 0.2) is 53.8 Å². The van der Waals surface area contributed by atoms with Crippen LogP contribution < -0.4 is 15.5 Å². The Bertz CT molecular complexity index is 1100. The van der Waals surface area contributed by atoms with Gasteiger partial charge in [-0.05, 0) is 46.1 Å². The van der Waals surface area contributed by atoms with E-state index in [1.807, 2.05) is 36.4 Å². The number of rotatable bonds is 7. The molecule has 0 spiro atoms. The average molecular weight is 434 g/mol. The largest absolute Gasteiger partial charge is 0.491 e. The number of hydrogen-bond donors (Lipinski definition) is 3. The lowest BCUT2D eigenvalue weighted by Gasteiger charge is -2.24. The molecule has 1 atom stereocenters. The minimum Gasteiger partial charge on any atom is -0.491 e. The van der Waals surface area contributed by atoms with Gasteiger partial charge in [0.1, 0.15) is 18.5 Å². The maximum Gasteiger partial charge on any atom is 0.176 e. The summed E-state index contributed by atoms with van der Waals surface area (Å²) in [4.78, 5) is 0. The summed E-state index contributed by atoms with van der Waals surface area (Å²) in [7, 11) is 0. The number of anilines is 1. The summed E-state index contributed by atoms with van der Waals surface area (Å²) in [5.74, 6) is 1.46. The number of benzene rings is 2. The van der Waals surface area contributed by atoms with Gasteiger partial charge in [0.25, 0.3) is 0 Å². The molecule has 2 aromatic carbocycles. The molecule has 0 amide bonds. The lowest BCUT2D eigenvalue weighted by Crippen LogP contribution is -2.42. The van der Waals surface area contributed by atoms with Gasteiger partial charge in [-0.25, -0.2) is 0 Å². The Hall–Kier alpha value is -3.03. The predicted octanol–water partition coefficient (Wildman–Crippen LogP) is 3.91. The van der Waals surface area contributed by atoms with Gasteiger partial charge in [-0.2, -0.15) is 10.2 Å². The van der Waals surface area contributed by atoms with E-state index in [4.69, 9.17) is 4.74 Å². The minimum atomic E-state index is -0.576. The van der Waals surface area contributed by atoms with Gasteiger partial charge in [0.15, 0.2) is 5.82 Å². The maximum atomic E-state index is 10.3. The normalized spacial score (nSPS) is 16.1. The van der Waals surface area contributed by atoms with E-state index in [0.29, 0.717) is 12.4 Å². The van der Waals surface area contributed by atoms with Crippen LogP contribution in [0.4, 0.5) is 5.82 Å². The molecule has 0 bridgehead atoms. The van der Waals surface area contributed by atoms with Crippen molar-refractivity contribution in [1.82, 2.24) is 15.5 Å². The van der Waals surface area contributed by atoms with E-state index >= 15 is 0 Å². The summed E-state index contributed by atoms with van der Waals surface area (Å²) in [6, 6.07) is 14.0. The monoisotopic (exact) mass is 433 g/mol. The summed E-state index contributed by atoms with van der Waals surface area (Å²) in [6.07, 6.45) is 3.96. The van der Waals surface area contributed by atoms with Crippen LogP contribution in [0.25, 0.3) is 10.8 Å². The van der Waals surface area contributed by atoms with Crippen LogP contribution in [-0.2, 0) is 6.42 Å². The molecule has 0 saturated carbocycles. The summed E-state index contributed by atoms with van der Waals surface area (Å²) >= 11 is 0. The quantitative estimate of drug-likeness (QED) is 0.490. The molecule has 1 heterocycles. The zero-order valence-electron chi connectivity index (χ0n) is 18.9. The fourth-order valence-electron chi connectivity index (χ4n) is 3.81. The third-order valence-corrected chi connectivity index (χ3v) is 5.45. The minimum absolute atomic E-state index is 0.0420. The van der Waals surface area contributed by atoms with Crippen LogP contribution in [0.5, 0.6) is 5.75 Å². The molecule has 1 aliphatic rings. The van der Waals surface area contributed by atoms with Crippen LogP contribution in [-0.4, -0.2) is 45.8 Å². The molecule has 4 rings (SSSR count). The third kappa shape index (κ3) is 5.41. The van der Waals surface area contributed by atoms with Gasteiger partial charge in [0, 0.05) is 34.0 Å². The molecule has 1 aliphatic carbocycles. The number of fused-ring (bicyclic) bond motifs is 2. The first-order valence-corrected chi connectivity index (χ1v) is 11.1. The summed E-state index contributed by atoms with van der Waals surface area (Å²) in [5.41, 5.74) is 6.27. The molecule has 32 heavy (non-hydrogen) atoms. The van der Waals surface area contributed by atoms with E-state index in [-0.39, 0.29) is 12.1 Å². The number of hydrazone groups is 1. The molecule has 3 aromatic rings. The van der Waals surface area contributed by atoms with Crippen LogP contribution in [0.2, 0.25) is 0 Å². The molecule has 1 unspecified atom stereocenters. The molecule has 3 N–H and O–H groups in total. The predicted molar refractivity (Wildman–Crippen MR) is 128 cm³/mol. The van der Waals surface area contributed by atoms with Crippen molar-refractivity contribution in [3.8, 4) is 5.75 Å². The van der Waals surface area contributed by atoms with E-state index < -0.39 is 6.10 Å². The molecule has 0 aliphatic heterocycles. The van der Waals surface area contributed by atoms with E-state index in [1.54, 1.807) is 6.20 Å². The van der Waals surface area contributed by atoms with Gasteiger partial charge in [-0.15, -0.1) is 5.10 Å². The Labute approximate surface area is 188 Å². The Kier molecular flexibility index (Phi) is 6.67. The second kappa shape index (κ2) is 9.63. The van der Waals surface area contributed by atoms with Crippen molar-refractivity contribution in [3.05, 3.63) is 59.8 Å². The Morgan fingerprint density at radius 1 is 1.12 bits per heavy atom. The SMILES string of the molecule is CC(C)(C)NCC(O)COc1cccc2c1CCCC2=NNc1nncc2ccccc12. The van der Waals surface area contributed by atoms with Crippen LogP contribution in [0.1, 0.15) is 44.7 Å². The van der Waals surface area contributed by atoms with Crippen LogP contribution in [0, 0.1) is 0 Å². The standard InChI is InChI=1S/C25H31N5O2/c1-25(2,3)26-15-18(31)16-32-23-13-7-10-20-21(23)11-6-12-22(20)28-30-24-19-9-5-4-8-17(19)14-27-29-24/h4-5,7-10,13-14,18,26,31H,6,11-12,15-16H2,1-3H3,(H,29,30). The maximum absolute atomic E-state index is 10.3. The Morgan fingerprint density at radius 3 is 2.81 bits per heavy atom. The highest BCUT2D eigenvalue weighted by Crippen LogP contribution is 2.30.